The molecule has 4 heteroatoms. The van der Waals surface area contributed by atoms with Gasteiger partial charge in [-0.2, -0.15) is 0 Å². The van der Waals surface area contributed by atoms with E-state index in [0.717, 1.165) is 0 Å². The zero-order valence-corrected chi connectivity index (χ0v) is 9.46. The van der Waals surface area contributed by atoms with Gasteiger partial charge in [0.2, 0.25) is 0 Å². The lowest BCUT2D eigenvalue weighted by Crippen LogP contribution is -2.53. The average molecular weight is 203 g/mol. The van der Waals surface area contributed by atoms with E-state index in [4.69, 9.17) is 9.84 Å². The molecule has 14 heavy (non-hydrogen) atoms. The Morgan fingerprint density at radius 2 is 2.14 bits per heavy atom. The first kappa shape index (κ1) is 13.4. The third kappa shape index (κ3) is 4.07. The lowest BCUT2D eigenvalue weighted by atomic mass is 9.98. The molecule has 0 aromatic carbocycles. The second-order valence-corrected chi connectivity index (χ2v) is 3.70. The SMILES string of the molecule is CCOCC(C)NC(C)(CC)C(=O)O. The van der Waals surface area contributed by atoms with Gasteiger partial charge in [0, 0.05) is 12.6 Å². The van der Waals surface area contributed by atoms with E-state index in [0.29, 0.717) is 19.6 Å². The van der Waals surface area contributed by atoms with Gasteiger partial charge in [-0.05, 0) is 27.2 Å². The van der Waals surface area contributed by atoms with Crippen LogP contribution < -0.4 is 5.32 Å². The molecule has 0 bridgehead atoms. The maximum Gasteiger partial charge on any atom is 0.323 e. The summed E-state index contributed by atoms with van der Waals surface area (Å²) in [4.78, 5) is 11.0. The van der Waals surface area contributed by atoms with Crippen LogP contribution in [0, 0.1) is 0 Å². The highest BCUT2D eigenvalue weighted by atomic mass is 16.5. The van der Waals surface area contributed by atoms with Crippen molar-refractivity contribution < 1.29 is 14.6 Å². The first-order valence-electron chi connectivity index (χ1n) is 5.05. The number of hydrogen-bond acceptors (Lipinski definition) is 3. The minimum absolute atomic E-state index is 0.0519. The van der Waals surface area contributed by atoms with Crippen molar-refractivity contribution in [2.75, 3.05) is 13.2 Å². The number of aliphatic carboxylic acids is 1. The van der Waals surface area contributed by atoms with E-state index in [1.165, 1.54) is 0 Å². The standard InChI is InChI=1S/C10H21NO3/c1-5-10(4,9(12)13)11-8(3)7-14-6-2/h8,11H,5-7H2,1-4H3,(H,12,13). The fraction of sp³-hybridized carbons (Fsp3) is 0.900. The molecule has 4 nitrogen and oxygen atoms in total. The number of nitrogens with one attached hydrogen (secondary N) is 1. The van der Waals surface area contributed by atoms with Gasteiger partial charge in [-0.3, -0.25) is 10.1 Å². The molecule has 0 saturated carbocycles. The van der Waals surface area contributed by atoms with Gasteiger partial charge < -0.3 is 9.84 Å². The lowest BCUT2D eigenvalue weighted by Gasteiger charge is -2.28. The van der Waals surface area contributed by atoms with Gasteiger partial charge in [-0.1, -0.05) is 6.92 Å². The largest absolute Gasteiger partial charge is 0.480 e. The monoisotopic (exact) mass is 203 g/mol. The molecule has 0 aliphatic rings. The maximum absolute atomic E-state index is 11.0. The van der Waals surface area contributed by atoms with E-state index in [1.54, 1.807) is 6.92 Å². The van der Waals surface area contributed by atoms with Crippen LogP contribution in [0.1, 0.15) is 34.1 Å². The molecular weight excluding hydrogens is 182 g/mol. The topological polar surface area (TPSA) is 58.6 Å². The molecule has 0 aromatic rings. The van der Waals surface area contributed by atoms with Crippen molar-refractivity contribution in [3.63, 3.8) is 0 Å². The Morgan fingerprint density at radius 1 is 1.57 bits per heavy atom. The van der Waals surface area contributed by atoms with Crippen LogP contribution in [0.2, 0.25) is 0 Å². The normalized spacial score (nSPS) is 17.4. The summed E-state index contributed by atoms with van der Waals surface area (Å²) < 4.78 is 5.21. The molecule has 0 aliphatic carbocycles. The van der Waals surface area contributed by atoms with Crippen LogP contribution in [0.25, 0.3) is 0 Å². The van der Waals surface area contributed by atoms with Crippen molar-refractivity contribution in [1.29, 1.82) is 0 Å². The van der Waals surface area contributed by atoms with Crippen LogP contribution in [0.5, 0.6) is 0 Å². The van der Waals surface area contributed by atoms with Gasteiger partial charge in [-0.15, -0.1) is 0 Å². The van der Waals surface area contributed by atoms with Gasteiger partial charge >= 0.3 is 5.97 Å². The zero-order valence-electron chi connectivity index (χ0n) is 9.46. The van der Waals surface area contributed by atoms with Crippen LogP contribution in [-0.2, 0) is 9.53 Å². The van der Waals surface area contributed by atoms with Crippen LogP contribution in [0.3, 0.4) is 0 Å². The highest BCUT2D eigenvalue weighted by Gasteiger charge is 2.31. The van der Waals surface area contributed by atoms with Gasteiger partial charge in [-0.25, -0.2) is 0 Å². The van der Waals surface area contributed by atoms with E-state index >= 15 is 0 Å². The molecule has 0 fully saturated rings. The van der Waals surface area contributed by atoms with Gasteiger partial charge in [0.1, 0.15) is 5.54 Å². The van der Waals surface area contributed by atoms with E-state index in [9.17, 15) is 4.79 Å². The third-order valence-electron chi connectivity index (χ3n) is 2.32. The summed E-state index contributed by atoms with van der Waals surface area (Å²) in [5, 5.41) is 12.1. The van der Waals surface area contributed by atoms with Crippen molar-refractivity contribution in [3.05, 3.63) is 0 Å². The van der Waals surface area contributed by atoms with Gasteiger partial charge in [0.25, 0.3) is 0 Å². The summed E-state index contributed by atoms with van der Waals surface area (Å²) in [6.45, 7) is 8.59. The number of carboxylic acid groups (broad SMARTS) is 1. The Hall–Kier alpha value is -0.610. The number of hydrogen-bond donors (Lipinski definition) is 2. The molecule has 2 atom stereocenters. The number of carbonyl (C=O) groups is 1. The van der Waals surface area contributed by atoms with Crippen molar-refractivity contribution in [1.82, 2.24) is 5.32 Å². The van der Waals surface area contributed by atoms with E-state index in [1.807, 2.05) is 20.8 Å². The molecule has 0 rings (SSSR count). The summed E-state index contributed by atoms with van der Waals surface area (Å²) in [6.07, 6.45) is 0.554. The summed E-state index contributed by atoms with van der Waals surface area (Å²) in [6, 6.07) is 0.0519. The Morgan fingerprint density at radius 3 is 2.50 bits per heavy atom. The van der Waals surface area contributed by atoms with Crippen LogP contribution in [0.4, 0.5) is 0 Å². The van der Waals surface area contributed by atoms with Crippen molar-refractivity contribution >= 4 is 5.97 Å². The quantitative estimate of drug-likeness (QED) is 0.654. The minimum atomic E-state index is -0.851. The number of carboxylic acids is 1. The van der Waals surface area contributed by atoms with E-state index in [2.05, 4.69) is 5.32 Å². The second-order valence-electron chi connectivity index (χ2n) is 3.70. The molecule has 0 spiro atoms. The van der Waals surface area contributed by atoms with Gasteiger partial charge in [0.05, 0.1) is 6.61 Å². The molecular formula is C10H21NO3. The van der Waals surface area contributed by atoms with Crippen molar-refractivity contribution in [2.45, 2.75) is 45.7 Å². The molecule has 0 heterocycles. The Labute approximate surface area is 85.6 Å². The highest BCUT2D eigenvalue weighted by Crippen LogP contribution is 2.10. The predicted octanol–water partition coefficient (Wildman–Crippen LogP) is 1.25. The zero-order chi connectivity index (χ0) is 11.2. The fourth-order valence-electron chi connectivity index (χ4n) is 1.20. The third-order valence-corrected chi connectivity index (χ3v) is 2.32. The minimum Gasteiger partial charge on any atom is -0.480 e. The first-order chi connectivity index (χ1) is 6.46. The predicted molar refractivity (Wildman–Crippen MR) is 55.4 cm³/mol. The Kier molecular flexibility index (Phi) is 5.72. The highest BCUT2D eigenvalue weighted by molar-refractivity contribution is 5.78. The van der Waals surface area contributed by atoms with Crippen molar-refractivity contribution in [3.8, 4) is 0 Å². The average Bonchev–Trinajstić information content (AvgIpc) is 2.14. The molecule has 0 aromatic heterocycles. The Bertz CT molecular complexity index is 184. The van der Waals surface area contributed by atoms with Crippen molar-refractivity contribution in [2.24, 2.45) is 0 Å². The summed E-state index contributed by atoms with van der Waals surface area (Å²) in [7, 11) is 0. The molecule has 0 radical (unpaired) electrons. The molecule has 84 valence electrons. The molecule has 0 amide bonds. The van der Waals surface area contributed by atoms with E-state index < -0.39 is 11.5 Å². The molecule has 0 aliphatic heterocycles. The fourth-order valence-corrected chi connectivity index (χ4v) is 1.20. The van der Waals surface area contributed by atoms with Crippen LogP contribution in [-0.4, -0.2) is 35.9 Å². The van der Waals surface area contributed by atoms with Crippen LogP contribution in [0.15, 0.2) is 0 Å². The van der Waals surface area contributed by atoms with Crippen LogP contribution >= 0.6 is 0 Å². The maximum atomic E-state index is 11.0. The first-order valence-corrected chi connectivity index (χ1v) is 5.05. The molecule has 2 unspecified atom stereocenters. The Balaban J connectivity index is 4.10. The lowest BCUT2D eigenvalue weighted by molar-refractivity contribution is -0.144. The second kappa shape index (κ2) is 5.98. The number of rotatable bonds is 7. The summed E-state index contributed by atoms with van der Waals surface area (Å²) in [5.74, 6) is -0.816. The smallest absolute Gasteiger partial charge is 0.323 e. The summed E-state index contributed by atoms with van der Waals surface area (Å²) in [5.41, 5.74) is -0.851. The molecule has 2 N–H and O–H groups in total. The van der Waals surface area contributed by atoms with E-state index in [-0.39, 0.29) is 6.04 Å². The number of ether oxygens (including phenoxy) is 1. The summed E-state index contributed by atoms with van der Waals surface area (Å²) >= 11 is 0. The molecule has 0 saturated heterocycles. The van der Waals surface area contributed by atoms with Gasteiger partial charge in [0.15, 0.2) is 0 Å².